The number of amides is 1. The molecule has 0 fully saturated rings. The van der Waals surface area contributed by atoms with Gasteiger partial charge in [0.2, 0.25) is 0 Å². The average Bonchev–Trinajstić information content (AvgIpc) is 2.38. The number of nitrogens with one attached hydrogen (secondary N) is 1. The molecule has 20 heavy (non-hydrogen) atoms. The van der Waals surface area contributed by atoms with Gasteiger partial charge < -0.3 is 5.32 Å². The predicted octanol–water partition coefficient (Wildman–Crippen LogP) is 5.36. The van der Waals surface area contributed by atoms with Crippen LogP contribution in [-0.2, 0) is 0 Å². The average molecular weight is 418 g/mol. The van der Waals surface area contributed by atoms with Crippen molar-refractivity contribution in [2.45, 2.75) is 13.0 Å². The standard InChI is InChI=1S/C15H12Br2ClNO/c1-9(10-2-4-12(16)5-3-10)19-15(20)11-6-13(17)8-14(18)7-11/h2-9H,1H3,(H,19,20)/t9-/m1/s1. The Morgan fingerprint density at radius 2 is 1.75 bits per heavy atom. The number of hydrogen-bond donors (Lipinski definition) is 1. The molecule has 0 spiro atoms. The highest BCUT2D eigenvalue weighted by Gasteiger charge is 2.12. The van der Waals surface area contributed by atoms with Gasteiger partial charge in [0.05, 0.1) is 6.04 Å². The number of hydrogen-bond acceptors (Lipinski definition) is 1. The highest BCUT2D eigenvalue weighted by Crippen LogP contribution is 2.21. The molecular formula is C15H12Br2ClNO. The lowest BCUT2D eigenvalue weighted by molar-refractivity contribution is 0.0940. The van der Waals surface area contributed by atoms with Gasteiger partial charge >= 0.3 is 0 Å². The van der Waals surface area contributed by atoms with E-state index in [2.05, 4.69) is 37.2 Å². The largest absolute Gasteiger partial charge is 0.346 e. The molecule has 2 aromatic rings. The number of halogens is 3. The van der Waals surface area contributed by atoms with Crippen molar-refractivity contribution in [3.05, 3.63) is 67.6 Å². The van der Waals surface area contributed by atoms with Gasteiger partial charge in [-0.1, -0.05) is 55.6 Å². The molecule has 1 amide bonds. The van der Waals surface area contributed by atoms with Gasteiger partial charge in [-0.2, -0.15) is 0 Å². The Morgan fingerprint density at radius 3 is 2.35 bits per heavy atom. The topological polar surface area (TPSA) is 29.1 Å². The molecule has 2 aromatic carbocycles. The minimum atomic E-state index is -0.149. The van der Waals surface area contributed by atoms with Crippen LogP contribution in [0.5, 0.6) is 0 Å². The Kier molecular flexibility index (Phi) is 5.24. The first kappa shape index (κ1) is 15.5. The van der Waals surface area contributed by atoms with Crippen LogP contribution in [0.2, 0.25) is 5.02 Å². The summed E-state index contributed by atoms with van der Waals surface area (Å²) in [6, 6.07) is 12.9. The Labute approximate surface area is 139 Å². The predicted molar refractivity (Wildman–Crippen MR) is 89.2 cm³/mol. The molecule has 0 heterocycles. The summed E-state index contributed by atoms with van der Waals surface area (Å²) in [5.41, 5.74) is 1.58. The SMILES string of the molecule is C[C@@H](NC(=O)c1cc(Cl)cc(Br)c1)c1ccc(Br)cc1. The number of carbonyl (C=O) groups excluding carboxylic acids is 1. The highest BCUT2D eigenvalue weighted by atomic mass is 79.9. The molecule has 0 aliphatic heterocycles. The Morgan fingerprint density at radius 1 is 1.10 bits per heavy atom. The Hall–Kier alpha value is -0.840. The molecule has 0 saturated heterocycles. The van der Waals surface area contributed by atoms with E-state index in [4.69, 9.17) is 11.6 Å². The molecule has 104 valence electrons. The maximum Gasteiger partial charge on any atom is 0.251 e. The molecule has 0 radical (unpaired) electrons. The van der Waals surface area contributed by atoms with E-state index in [1.807, 2.05) is 31.2 Å². The van der Waals surface area contributed by atoms with E-state index in [1.165, 1.54) is 0 Å². The maximum atomic E-state index is 12.2. The van der Waals surface area contributed by atoms with E-state index in [-0.39, 0.29) is 11.9 Å². The fourth-order valence-electron chi connectivity index (χ4n) is 1.80. The zero-order valence-corrected chi connectivity index (χ0v) is 14.6. The minimum absolute atomic E-state index is 0.0756. The zero-order chi connectivity index (χ0) is 14.7. The van der Waals surface area contributed by atoms with Crippen LogP contribution >= 0.6 is 43.5 Å². The Balaban J connectivity index is 2.12. The van der Waals surface area contributed by atoms with Crippen LogP contribution in [0.4, 0.5) is 0 Å². The van der Waals surface area contributed by atoms with Crippen molar-refractivity contribution in [1.82, 2.24) is 5.32 Å². The molecule has 2 nitrogen and oxygen atoms in total. The molecule has 1 atom stereocenters. The van der Waals surface area contributed by atoms with Crippen molar-refractivity contribution in [3.63, 3.8) is 0 Å². The van der Waals surface area contributed by atoms with Crippen LogP contribution in [0.3, 0.4) is 0 Å². The first-order chi connectivity index (χ1) is 9.45. The van der Waals surface area contributed by atoms with Gasteiger partial charge in [-0.15, -0.1) is 0 Å². The van der Waals surface area contributed by atoms with Gasteiger partial charge in [0.15, 0.2) is 0 Å². The van der Waals surface area contributed by atoms with Crippen LogP contribution in [-0.4, -0.2) is 5.91 Å². The highest BCUT2D eigenvalue weighted by molar-refractivity contribution is 9.10. The van der Waals surface area contributed by atoms with Crippen molar-refractivity contribution >= 4 is 49.4 Å². The summed E-state index contributed by atoms with van der Waals surface area (Å²) in [5.74, 6) is -0.149. The lowest BCUT2D eigenvalue weighted by Gasteiger charge is -2.14. The summed E-state index contributed by atoms with van der Waals surface area (Å²) in [4.78, 5) is 12.2. The molecule has 0 bridgehead atoms. The normalized spacial score (nSPS) is 12.0. The monoisotopic (exact) mass is 415 g/mol. The zero-order valence-electron chi connectivity index (χ0n) is 10.7. The van der Waals surface area contributed by atoms with Crippen LogP contribution in [0.15, 0.2) is 51.4 Å². The minimum Gasteiger partial charge on any atom is -0.346 e. The summed E-state index contributed by atoms with van der Waals surface area (Å²) >= 11 is 12.7. The van der Waals surface area contributed by atoms with Gasteiger partial charge in [-0.05, 0) is 42.8 Å². The van der Waals surface area contributed by atoms with Gasteiger partial charge in [-0.3, -0.25) is 4.79 Å². The van der Waals surface area contributed by atoms with Crippen molar-refractivity contribution in [1.29, 1.82) is 0 Å². The second-order valence-electron chi connectivity index (χ2n) is 4.40. The second kappa shape index (κ2) is 6.74. The van der Waals surface area contributed by atoms with Crippen molar-refractivity contribution in [3.8, 4) is 0 Å². The van der Waals surface area contributed by atoms with Gasteiger partial charge in [0.25, 0.3) is 5.91 Å². The third-order valence-corrected chi connectivity index (χ3v) is 4.05. The first-order valence-corrected chi connectivity index (χ1v) is 7.94. The van der Waals surface area contributed by atoms with E-state index in [1.54, 1.807) is 18.2 Å². The summed E-state index contributed by atoms with van der Waals surface area (Å²) < 4.78 is 1.80. The van der Waals surface area contributed by atoms with E-state index in [0.29, 0.717) is 10.6 Å². The van der Waals surface area contributed by atoms with Crippen LogP contribution in [0.1, 0.15) is 28.9 Å². The quantitative estimate of drug-likeness (QED) is 0.716. The first-order valence-electron chi connectivity index (χ1n) is 5.98. The molecule has 1 N–H and O–H groups in total. The molecule has 5 heteroatoms. The van der Waals surface area contributed by atoms with Crippen LogP contribution < -0.4 is 5.32 Å². The fourth-order valence-corrected chi connectivity index (χ4v) is 2.92. The maximum absolute atomic E-state index is 12.2. The van der Waals surface area contributed by atoms with Gasteiger partial charge in [0.1, 0.15) is 0 Å². The molecule has 0 saturated carbocycles. The third-order valence-electron chi connectivity index (χ3n) is 2.84. The number of carbonyl (C=O) groups is 1. The summed E-state index contributed by atoms with van der Waals surface area (Å²) in [6.07, 6.45) is 0. The smallest absolute Gasteiger partial charge is 0.251 e. The molecule has 0 aliphatic rings. The van der Waals surface area contributed by atoms with Gasteiger partial charge in [-0.25, -0.2) is 0 Å². The van der Waals surface area contributed by atoms with E-state index >= 15 is 0 Å². The van der Waals surface area contributed by atoms with Crippen LogP contribution in [0, 0.1) is 0 Å². The molecule has 0 unspecified atom stereocenters. The lowest BCUT2D eigenvalue weighted by Crippen LogP contribution is -2.26. The van der Waals surface area contributed by atoms with E-state index < -0.39 is 0 Å². The van der Waals surface area contributed by atoms with Crippen molar-refractivity contribution in [2.75, 3.05) is 0 Å². The number of rotatable bonds is 3. The Bertz CT molecular complexity index is 608. The molecule has 0 aromatic heterocycles. The van der Waals surface area contributed by atoms with Crippen molar-refractivity contribution in [2.24, 2.45) is 0 Å². The van der Waals surface area contributed by atoms with E-state index in [0.717, 1.165) is 14.5 Å². The second-order valence-corrected chi connectivity index (χ2v) is 6.67. The van der Waals surface area contributed by atoms with E-state index in [9.17, 15) is 4.79 Å². The summed E-state index contributed by atoms with van der Waals surface area (Å²) in [5, 5.41) is 3.48. The third kappa shape index (κ3) is 4.08. The number of benzene rings is 2. The summed E-state index contributed by atoms with van der Waals surface area (Å²) in [6.45, 7) is 1.95. The molecule has 0 aliphatic carbocycles. The van der Waals surface area contributed by atoms with Crippen molar-refractivity contribution < 1.29 is 4.79 Å². The molecular weight excluding hydrogens is 405 g/mol. The van der Waals surface area contributed by atoms with Crippen LogP contribution in [0.25, 0.3) is 0 Å². The summed E-state index contributed by atoms with van der Waals surface area (Å²) in [7, 11) is 0. The van der Waals surface area contributed by atoms with Gasteiger partial charge in [0, 0.05) is 19.5 Å². The lowest BCUT2D eigenvalue weighted by atomic mass is 10.1. The molecule has 2 rings (SSSR count). The fraction of sp³-hybridized carbons (Fsp3) is 0.133.